The first kappa shape index (κ1) is 34.5. The maximum absolute atomic E-state index is 5.49. The molecule has 3 aromatic heterocycles. The molecule has 288 valence electrons. The zero-order chi connectivity index (χ0) is 40.7. The molecule has 0 fully saturated rings. The van der Waals surface area contributed by atoms with Crippen LogP contribution in [0.3, 0.4) is 0 Å². The Morgan fingerprint density at radius 1 is 0.306 bits per heavy atom. The molecule has 0 saturated carbocycles. The summed E-state index contributed by atoms with van der Waals surface area (Å²) in [6, 6.07) is 78.6. The van der Waals surface area contributed by atoms with Crippen LogP contribution in [-0.4, -0.2) is 19.1 Å². The van der Waals surface area contributed by atoms with Crippen molar-refractivity contribution in [3.05, 3.63) is 218 Å². The summed E-state index contributed by atoms with van der Waals surface area (Å²) in [7, 11) is 0. The van der Waals surface area contributed by atoms with E-state index in [1.165, 1.54) is 70.8 Å². The van der Waals surface area contributed by atoms with Crippen LogP contribution in [0.1, 0.15) is 0 Å². The van der Waals surface area contributed by atoms with E-state index in [2.05, 4.69) is 215 Å². The van der Waals surface area contributed by atoms with Crippen LogP contribution < -0.4 is 0 Å². The number of aromatic nitrogens is 4. The van der Waals surface area contributed by atoms with Gasteiger partial charge < -0.3 is 4.57 Å². The highest BCUT2D eigenvalue weighted by atomic mass is 15.1. The Labute approximate surface area is 357 Å². The van der Waals surface area contributed by atoms with Crippen molar-refractivity contribution >= 4 is 76.2 Å². The normalized spacial score (nSPS) is 11.9. The number of rotatable bonds is 5. The van der Waals surface area contributed by atoms with Gasteiger partial charge in [0, 0.05) is 32.8 Å². The van der Waals surface area contributed by atoms with E-state index in [1.807, 2.05) is 12.1 Å². The van der Waals surface area contributed by atoms with Crippen LogP contribution in [0.5, 0.6) is 0 Å². The van der Waals surface area contributed by atoms with Gasteiger partial charge in [0.2, 0.25) is 0 Å². The average molecular weight is 789 g/mol. The smallest absolute Gasteiger partial charge is 0.165 e. The topological polar surface area (TPSA) is 35.6 Å². The third kappa shape index (κ3) is 5.27. The summed E-state index contributed by atoms with van der Waals surface area (Å²) in [6.07, 6.45) is 0. The van der Waals surface area contributed by atoms with E-state index in [0.29, 0.717) is 0 Å². The fraction of sp³-hybridized carbons (Fsp3) is 0. The van der Waals surface area contributed by atoms with Crippen molar-refractivity contribution in [2.75, 3.05) is 0 Å². The van der Waals surface area contributed by atoms with E-state index in [1.54, 1.807) is 0 Å². The summed E-state index contributed by atoms with van der Waals surface area (Å²) in [5.41, 5.74) is 13.9. The first-order chi connectivity index (χ1) is 30.7. The zero-order valence-corrected chi connectivity index (χ0v) is 33.6. The molecule has 0 atom stereocenters. The average Bonchev–Trinajstić information content (AvgIpc) is 3.87. The van der Waals surface area contributed by atoms with Crippen molar-refractivity contribution in [1.82, 2.24) is 19.1 Å². The number of nitrogens with zero attached hydrogens (tertiary/aromatic N) is 4. The third-order valence-electron chi connectivity index (χ3n) is 12.7. The summed E-state index contributed by atoms with van der Waals surface area (Å²) in [4.78, 5) is 10.9. The minimum Gasteiger partial charge on any atom is -0.309 e. The van der Waals surface area contributed by atoms with Crippen LogP contribution >= 0.6 is 0 Å². The van der Waals surface area contributed by atoms with Gasteiger partial charge in [0.05, 0.1) is 33.1 Å². The van der Waals surface area contributed by atoms with Gasteiger partial charge in [-0.3, -0.25) is 4.57 Å². The molecule has 62 heavy (non-hydrogen) atoms. The maximum atomic E-state index is 5.49. The number of para-hydroxylation sites is 3. The van der Waals surface area contributed by atoms with E-state index < -0.39 is 0 Å². The Hall–Kier alpha value is -8.34. The monoisotopic (exact) mass is 788 g/mol. The highest BCUT2D eigenvalue weighted by molar-refractivity contribution is 6.25. The molecule has 0 aliphatic carbocycles. The molecule has 4 heteroatoms. The summed E-state index contributed by atoms with van der Waals surface area (Å²) in [6.45, 7) is 0. The quantitative estimate of drug-likeness (QED) is 0.174. The number of fused-ring (bicyclic) bond motifs is 10. The molecule has 0 radical (unpaired) electrons. The predicted molar refractivity (Wildman–Crippen MR) is 260 cm³/mol. The first-order valence-corrected chi connectivity index (χ1v) is 21.2. The number of hydrogen-bond donors (Lipinski definition) is 0. The van der Waals surface area contributed by atoms with Gasteiger partial charge in [0.15, 0.2) is 5.82 Å². The fourth-order valence-corrected chi connectivity index (χ4v) is 9.85. The third-order valence-corrected chi connectivity index (χ3v) is 12.7. The van der Waals surface area contributed by atoms with Crippen molar-refractivity contribution in [2.24, 2.45) is 0 Å². The van der Waals surface area contributed by atoms with Crippen molar-refractivity contribution in [1.29, 1.82) is 0 Å². The molecule has 4 nitrogen and oxygen atoms in total. The van der Waals surface area contributed by atoms with E-state index in [-0.39, 0.29) is 0 Å². The van der Waals surface area contributed by atoms with Crippen LogP contribution in [0.25, 0.3) is 121 Å². The van der Waals surface area contributed by atoms with Gasteiger partial charge in [-0.15, -0.1) is 0 Å². The lowest BCUT2D eigenvalue weighted by Gasteiger charge is -2.14. The lowest BCUT2D eigenvalue weighted by Crippen LogP contribution is -2.03. The molecule has 0 N–H and O–H groups in total. The molecule has 3 heterocycles. The van der Waals surface area contributed by atoms with Gasteiger partial charge in [-0.2, -0.15) is 0 Å². The molecule has 0 aliphatic rings. The zero-order valence-electron chi connectivity index (χ0n) is 33.6. The van der Waals surface area contributed by atoms with Gasteiger partial charge in [0.1, 0.15) is 5.69 Å². The van der Waals surface area contributed by atoms with Gasteiger partial charge in [0.25, 0.3) is 0 Å². The first-order valence-electron chi connectivity index (χ1n) is 21.2. The highest BCUT2D eigenvalue weighted by Crippen LogP contribution is 2.44. The Bertz CT molecular complexity index is 3930. The molecule has 0 aliphatic heterocycles. The molecule has 0 amide bonds. The molecular weight excluding hydrogens is 753 g/mol. The van der Waals surface area contributed by atoms with E-state index in [0.717, 1.165) is 50.4 Å². The second kappa shape index (κ2) is 13.6. The SMILES string of the molecule is c1ccc(-c2cccc(-n3c4ccccc4c4ccc(-c5cccc6c5c5c7ccccc7ccc5n6-c5nc6ccccc6nc5-c5ccc6ccccc6c5)cc43)c2)cc1. The minimum atomic E-state index is 0.806. The summed E-state index contributed by atoms with van der Waals surface area (Å²) >= 11 is 0. The van der Waals surface area contributed by atoms with Gasteiger partial charge in [-0.05, 0) is 98.4 Å². The van der Waals surface area contributed by atoms with E-state index in [4.69, 9.17) is 9.97 Å². The fourth-order valence-electron chi connectivity index (χ4n) is 9.85. The molecular formula is C58H36N4. The van der Waals surface area contributed by atoms with Gasteiger partial charge in [-0.1, -0.05) is 164 Å². The van der Waals surface area contributed by atoms with Crippen molar-refractivity contribution < 1.29 is 0 Å². The second-order valence-corrected chi connectivity index (χ2v) is 16.2. The van der Waals surface area contributed by atoms with Crippen molar-refractivity contribution in [3.8, 4) is 45.0 Å². The Kier molecular flexibility index (Phi) is 7.57. The molecule has 13 rings (SSSR count). The summed E-state index contributed by atoms with van der Waals surface area (Å²) in [5, 5.41) is 9.60. The lowest BCUT2D eigenvalue weighted by atomic mass is 9.96. The molecule has 10 aromatic carbocycles. The number of hydrogen-bond acceptors (Lipinski definition) is 2. The van der Waals surface area contributed by atoms with Crippen molar-refractivity contribution in [3.63, 3.8) is 0 Å². The molecule has 0 unspecified atom stereocenters. The van der Waals surface area contributed by atoms with E-state index in [9.17, 15) is 0 Å². The van der Waals surface area contributed by atoms with Gasteiger partial charge >= 0.3 is 0 Å². The molecule has 0 saturated heterocycles. The van der Waals surface area contributed by atoms with Gasteiger partial charge in [-0.25, -0.2) is 9.97 Å². The maximum Gasteiger partial charge on any atom is 0.165 e. The van der Waals surface area contributed by atoms with Crippen molar-refractivity contribution in [2.45, 2.75) is 0 Å². The molecule has 0 bridgehead atoms. The molecule has 0 spiro atoms. The van der Waals surface area contributed by atoms with E-state index >= 15 is 0 Å². The summed E-state index contributed by atoms with van der Waals surface area (Å²) in [5.74, 6) is 0.806. The lowest BCUT2D eigenvalue weighted by molar-refractivity contribution is 1.08. The Morgan fingerprint density at radius 2 is 0.952 bits per heavy atom. The van der Waals surface area contributed by atoms with Crippen LogP contribution in [-0.2, 0) is 0 Å². The van der Waals surface area contributed by atoms with Crippen LogP contribution in [0.2, 0.25) is 0 Å². The van der Waals surface area contributed by atoms with Crippen LogP contribution in [0.4, 0.5) is 0 Å². The largest absolute Gasteiger partial charge is 0.309 e. The standard InChI is InChI=1S/C58H36N4/c1-2-14-37(15-3-1)41-19-12-20-44(35-41)61-51-26-11-8-22-47(51)48-32-30-42(36-54(48)61)46-23-13-27-52-56(46)55-45-21-7-6-17-39(45)31-33-53(55)62(52)58-57(59-49-24-9-10-25-50(49)60-58)43-29-28-38-16-4-5-18-40(38)34-43/h1-36H. The number of benzene rings is 10. The minimum absolute atomic E-state index is 0.806. The predicted octanol–water partition coefficient (Wildman–Crippen LogP) is 15.1. The Balaban J connectivity index is 1.11. The highest BCUT2D eigenvalue weighted by Gasteiger charge is 2.23. The van der Waals surface area contributed by atoms with Crippen LogP contribution in [0.15, 0.2) is 218 Å². The van der Waals surface area contributed by atoms with Crippen LogP contribution in [0, 0.1) is 0 Å². The second-order valence-electron chi connectivity index (χ2n) is 16.2. The summed E-state index contributed by atoms with van der Waals surface area (Å²) < 4.78 is 4.79. The Morgan fingerprint density at radius 3 is 1.84 bits per heavy atom. The molecule has 13 aromatic rings.